The summed E-state index contributed by atoms with van der Waals surface area (Å²) < 4.78 is 11.1. The first-order valence-electron chi connectivity index (χ1n) is 17.2. The van der Waals surface area contributed by atoms with Crippen molar-refractivity contribution < 1.29 is 39.8 Å². The summed E-state index contributed by atoms with van der Waals surface area (Å²) in [4.78, 5) is 12.8. The second-order valence-electron chi connectivity index (χ2n) is 12.3. The Balaban J connectivity index is 2.48. The third-order valence-corrected chi connectivity index (χ3v) is 8.46. The molecular weight excluding hydrogens is 538 g/mol. The Labute approximate surface area is 255 Å². The molecule has 0 spiro atoms. The molecule has 250 valence electrons. The van der Waals surface area contributed by atoms with E-state index in [1.165, 1.54) is 83.5 Å². The molecule has 0 aromatic rings. The van der Waals surface area contributed by atoms with Crippen LogP contribution in [0.4, 0.5) is 0 Å². The lowest BCUT2D eigenvalue weighted by molar-refractivity contribution is -0.302. The minimum absolute atomic E-state index is 0.134. The van der Waals surface area contributed by atoms with Crippen molar-refractivity contribution >= 4 is 5.91 Å². The molecular formula is C33H65NO8. The summed E-state index contributed by atoms with van der Waals surface area (Å²) in [6.45, 7) is 3.76. The van der Waals surface area contributed by atoms with Crippen molar-refractivity contribution in [3.63, 3.8) is 0 Å². The van der Waals surface area contributed by atoms with Crippen LogP contribution in [-0.2, 0) is 14.3 Å². The normalized spacial score (nSPS) is 24.0. The summed E-state index contributed by atoms with van der Waals surface area (Å²) in [5.74, 6) is -0.150. The van der Waals surface area contributed by atoms with Gasteiger partial charge in [-0.2, -0.15) is 0 Å². The smallest absolute Gasteiger partial charge is 0.220 e. The van der Waals surface area contributed by atoms with Crippen LogP contribution in [0.3, 0.4) is 0 Å². The molecule has 6 N–H and O–H groups in total. The van der Waals surface area contributed by atoms with E-state index in [9.17, 15) is 30.3 Å². The van der Waals surface area contributed by atoms with Gasteiger partial charge in [0.25, 0.3) is 0 Å². The van der Waals surface area contributed by atoms with Crippen molar-refractivity contribution in [2.45, 2.75) is 192 Å². The molecule has 1 heterocycles. The van der Waals surface area contributed by atoms with E-state index in [0.29, 0.717) is 12.8 Å². The lowest BCUT2D eigenvalue weighted by atomic mass is 9.99. The van der Waals surface area contributed by atoms with Crippen molar-refractivity contribution in [2.24, 2.45) is 0 Å². The van der Waals surface area contributed by atoms with Gasteiger partial charge in [0, 0.05) is 6.42 Å². The first-order chi connectivity index (χ1) is 20.3. The summed E-state index contributed by atoms with van der Waals surface area (Å²) in [6, 6.07) is -0.706. The third kappa shape index (κ3) is 17.5. The summed E-state index contributed by atoms with van der Waals surface area (Å²) in [5.41, 5.74) is 0. The highest BCUT2D eigenvalue weighted by molar-refractivity contribution is 5.76. The maximum Gasteiger partial charge on any atom is 0.220 e. The number of ether oxygens (including phenoxy) is 2. The highest BCUT2D eigenvalue weighted by atomic mass is 16.7. The number of hydrogen-bond donors (Lipinski definition) is 6. The van der Waals surface area contributed by atoms with Crippen LogP contribution in [-0.4, -0.2) is 87.5 Å². The van der Waals surface area contributed by atoms with Gasteiger partial charge in [0.1, 0.15) is 24.4 Å². The molecule has 7 atom stereocenters. The Morgan fingerprint density at radius 1 is 0.714 bits per heavy atom. The van der Waals surface area contributed by atoms with Gasteiger partial charge in [-0.05, 0) is 12.8 Å². The summed E-state index contributed by atoms with van der Waals surface area (Å²) >= 11 is 0. The van der Waals surface area contributed by atoms with E-state index in [1.54, 1.807) is 0 Å². The zero-order valence-corrected chi connectivity index (χ0v) is 26.8. The number of carbonyl (C=O) groups is 1. The molecule has 0 radical (unpaired) electrons. The maximum absolute atomic E-state index is 12.8. The highest BCUT2D eigenvalue weighted by Gasteiger charge is 2.44. The van der Waals surface area contributed by atoms with Crippen LogP contribution in [0.5, 0.6) is 0 Å². The quantitative estimate of drug-likeness (QED) is 0.0728. The van der Waals surface area contributed by atoms with Crippen molar-refractivity contribution in [3.05, 3.63) is 0 Å². The molecule has 1 aliphatic heterocycles. The van der Waals surface area contributed by atoms with Gasteiger partial charge >= 0.3 is 0 Å². The Hall–Kier alpha value is -0.810. The molecule has 42 heavy (non-hydrogen) atoms. The largest absolute Gasteiger partial charge is 0.394 e. The fourth-order valence-electron chi connectivity index (χ4n) is 5.57. The number of carbonyl (C=O) groups excluding carboxylic acids is 1. The van der Waals surface area contributed by atoms with Crippen LogP contribution in [0, 0.1) is 0 Å². The molecule has 7 unspecified atom stereocenters. The molecule has 0 aromatic carbocycles. The summed E-state index contributed by atoms with van der Waals surface area (Å²) in [5, 5.41) is 53.7. The second kappa shape index (κ2) is 25.5. The van der Waals surface area contributed by atoms with Gasteiger partial charge in [-0.25, -0.2) is 0 Å². The lowest BCUT2D eigenvalue weighted by Crippen LogP contribution is -2.60. The molecule has 0 bridgehead atoms. The molecule has 1 amide bonds. The number of aliphatic hydroxyl groups excluding tert-OH is 5. The maximum atomic E-state index is 12.8. The van der Waals surface area contributed by atoms with E-state index in [1.807, 2.05) is 0 Å². The highest BCUT2D eigenvalue weighted by Crippen LogP contribution is 2.23. The second-order valence-corrected chi connectivity index (χ2v) is 12.3. The molecule has 1 saturated heterocycles. The predicted octanol–water partition coefficient (Wildman–Crippen LogP) is 4.88. The molecule has 1 rings (SSSR count). The molecule has 1 aliphatic rings. The van der Waals surface area contributed by atoms with Crippen LogP contribution < -0.4 is 5.32 Å². The Morgan fingerprint density at radius 2 is 1.19 bits per heavy atom. The van der Waals surface area contributed by atoms with E-state index in [4.69, 9.17) is 9.47 Å². The van der Waals surface area contributed by atoms with E-state index in [2.05, 4.69) is 19.2 Å². The van der Waals surface area contributed by atoms with Crippen molar-refractivity contribution in [2.75, 3.05) is 13.2 Å². The topological polar surface area (TPSA) is 149 Å². The van der Waals surface area contributed by atoms with Crippen LogP contribution >= 0.6 is 0 Å². The molecule has 1 fully saturated rings. The third-order valence-electron chi connectivity index (χ3n) is 8.46. The van der Waals surface area contributed by atoms with E-state index in [0.717, 1.165) is 38.5 Å². The van der Waals surface area contributed by atoms with Gasteiger partial charge in [-0.15, -0.1) is 0 Å². The van der Waals surface area contributed by atoms with Gasteiger partial charge in [-0.3, -0.25) is 4.79 Å². The van der Waals surface area contributed by atoms with Crippen LogP contribution in [0.15, 0.2) is 0 Å². The van der Waals surface area contributed by atoms with Gasteiger partial charge in [0.15, 0.2) is 6.29 Å². The zero-order valence-electron chi connectivity index (χ0n) is 26.8. The Bertz CT molecular complexity index is 637. The molecule has 9 nitrogen and oxygen atoms in total. The molecule has 0 saturated carbocycles. The fraction of sp³-hybridized carbons (Fsp3) is 0.970. The van der Waals surface area contributed by atoms with E-state index in [-0.39, 0.29) is 12.5 Å². The number of rotatable bonds is 27. The zero-order chi connectivity index (χ0) is 31.0. The number of nitrogens with one attached hydrogen (secondary N) is 1. The average molecular weight is 604 g/mol. The van der Waals surface area contributed by atoms with Crippen LogP contribution in [0.2, 0.25) is 0 Å². The fourth-order valence-corrected chi connectivity index (χ4v) is 5.57. The number of hydrogen-bond acceptors (Lipinski definition) is 8. The molecule has 9 heteroatoms. The minimum atomic E-state index is -1.54. The predicted molar refractivity (Wildman–Crippen MR) is 166 cm³/mol. The van der Waals surface area contributed by atoms with Crippen molar-refractivity contribution in [1.29, 1.82) is 0 Å². The Morgan fingerprint density at radius 3 is 1.69 bits per heavy atom. The van der Waals surface area contributed by atoms with Gasteiger partial charge in [0.05, 0.1) is 25.4 Å². The van der Waals surface area contributed by atoms with Gasteiger partial charge < -0.3 is 40.3 Å². The SMILES string of the molecule is CCCCCCCCCCCCC(=O)NC(COC1OC(CO)C(O)C(O)C1O)C(O)CCCCCCCCCCC. The standard InChI is InChI=1S/C33H65NO8/c1-3-5-7-9-11-13-15-17-19-21-23-29(37)34-26(27(36)22-20-18-16-14-12-10-8-6-4-2)25-41-33-32(40)31(39)30(38)28(24-35)42-33/h26-28,30-33,35-36,38-40H,3-25H2,1-2H3,(H,34,37). The monoisotopic (exact) mass is 603 g/mol. The van der Waals surface area contributed by atoms with Crippen LogP contribution in [0.1, 0.15) is 149 Å². The average Bonchev–Trinajstić information content (AvgIpc) is 2.98. The first-order valence-corrected chi connectivity index (χ1v) is 17.2. The van der Waals surface area contributed by atoms with Crippen molar-refractivity contribution in [1.82, 2.24) is 5.32 Å². The van der Waals surface area contributed by atoms with Gasteiger partial charge in [-0.1, -0.05) is 129 Å². The van der Waals surface area contributed by atoms with Crippen LogP contribution in [0.25, 0.3) is 0 Å². The van der Waals surface area contributed by atoms with Crippen molar-refractivity contribution in [3.8, 4) is 0 Å². The molecule has 0 aliphatic carbocycles. The van der Waals surface area contributed by atoms with E-state index < -0.39 is 49.5 Å². The number of unbranched alkanes of at least 4 members (excludes halogenated alkanes) is 17. The van der Waals surface area contributed by atoms with E-state index >= 15 is 0 Å². The summed E-state index contributed by atoms with van der Waals surface area (Å²) in [6.07, 6.45) is 15.5. The number of aliphatic hydroxyl groups is 5. The minimum Gasteiger partial charge on any atom is -0.394 e. The lowest BCUT2D eigenvalue weighted by Gasteiger charge is -2.40. The summed E-state index contributed by atoms with van der Waals surface area (Å²) in [7, 11) is 0. The number of amides is 1. The Kier molecular flexibility index (Phi) is 23.8. The first kappa shape index (κ1) is 39.2. The van der Waals surface area contributed by atoms with Gasteiger partial charge in [0.2, 0.25) is 5.91 Å². The molecule has 0 aromatic heterocycles.